The maximum absolute atomic E-state index is 4.46. The summed E-state index contributed by atoms with van der Waals surface area (Å²) in [5, 5.41) is 0. The summed E-state index contributed by atoms with van der Waals surface area (Å²) < 4.78 is 0. The van der Waals surface area contributed by atoms with Crippen molar-refractivity contribution in [3.05, 3.63) is 0 Å². The lowest BCUT2D eigenvalue weighted by Gasteiger charge is -2.09. The van der Waals surface area contributed by atoms with E-state index >= 15 is 0 Å². The standard InChI is InChI=1S/C11H23N/c1-4-7-8-10-11(9-5-2)12-6-3/h6,11H,4-5,7-10H2,1-3H3. The maximum atomic E-state index is 4.46. The fraction of sp³-hybridized carbons (Fsp3) is 0.909. The van der Waals surface area contributed by atoms with Gasteiger partial charge >= 0.3 is 0 Å². The Morgan fingerprint density at radius 3 is 2.33 bits per heavy atom. The van der Waals surface area contributed by atoms with Crippen LogP contribution in [0.5, 0.6) is 0 Å². The van der Waals surface area contributed by atoms with E-state index < -0.39 is 0 Å². The molecule has 0 N–H and O–H groups in total. The van der Waals surface area contributed by atoms with Gasteiger partial charge in [-0.3, -0.25) is 4.99 Å². The molecule has 0 aliphatic heterocycles. The smallest absolute Gasteiger partial charge is 0.0495 e. The van der Waals surface area contributed by atoms with Gasteiger partial charge in [0.05, 0.1) is 0 Å². The highest BCUT2D eigenvalue weighted by Crippen LogP contribution is 2.11. The van der Waals surface area contributed by atoms with Crippen molar-refractivity contribution < 1.29 is 0 Å². The molecule has 1 nitrogen and oxygen atoms in total. The van der Waals surface area contributed by atoms with E-state index in [2.05, 4.69) is 18.8 Å². The minimum Gasteiger partial charge on any atom is -0.295 e. The highest BCUT2D eigenvalue weighted by molar-refractivity contribution is 5.53. The van der Waals surface area contributed by atoms with Crippen LogP contribution in [0.3, 0.4) is 0 Å². The van der Waals surface area contributed by atoms with E-state index in [1.807, 2.05) is 13.1 Å². The van der Waals surface area contributed by atoms with Gasteiger partial charge in [0.2, 0.25) is 0 Å². The first-order valence-corrected chi connectivity index (χ1v) is 5.32. The van der Waals surface area contributed by atoms with Gasteiger partial charge in [0.15, 0.2) is 0 Å². The topological polar surface area (TPSA) is 12.4 Å². The van der Waals surface area contributed by atoms with Crippen LogP contribution in [0.15, 0.2) is 4.99 Å². The van der Waals surface area contributed by atoms with Gasteiger partial charge in [0, 0.05) is 6.04 Å². The Labute approximate surface area is 77.3 Å². The summed E-state index contributed by atoms with van der Waals surface area (Å²) in [6.07, 6.45) is 9.77. The van der Waals surface area contributed by atoms with Crippen molar-refractivity contribution in [2.24, 2.45) is 4.99 Å². The molecule has 0 spiro atoms. The van der Waals surface area contributed by atoms with Crippen molar-refractivity contribution in [3.8, 4) is 0 Å². The van der Waals surface area contributed by atoms with E-state index in [0.29, 0.717) is 6.04 Å². The SMILES string of the molecule is CC=NC(CCC)CCCCC. The molecule has 1 atom stereocenters. The molecule has 0 saturated heterocycles. The van der Waals surface area contributed by atoms with E-state index in [1.54, 1.807) is 0 Å². The average Bonchev–Trinajstić information content (AvgIpc) is 2.06. The second kappa shape index (κ2) is 8.76. The number of aliphatic imine (C=N–C) groups is 1. The molecule has 0 heterocycles. The predicted molar refractivity (Wildman–Crippen MR) is 57.0 cm³/mol. The molecule has 0 aliphatic carbocycles. The van der Waals surface area contributed by atoms with Crippen LogP contribution >= 0.6 is 0 Å². The van der Waals surface area contributed by atoms with Crippen LogP contribution in [-0.4, -0.2) is 12.3 Å². The Kier molecular flexibility index (Phi) is 8.52. The van der Waals surface area contributed by atoms with Crippen LogP contribution in [0, 0.1) is 0 Å². The number of hydrogen-bond donors (Lipinski definition) is 0. The molecule has 0 bridgehead atoms. The molecule has 0 fully saturated rings. The summed E-state index contributed by atoms with van der Waals surface area (Å²) in [5.74, 6) is 0. The van der Waals surface area contributed by atoms with E-state index in [-0.39, 0.29) is 0 Å². The normalized spacial score (nSPS) is 13.9. The molecule has 1 unspecified atom stereocenters. The number of rotatable bonds is 7. The van der Waals surface area contributed by atoms with Crippen LogP contribution in [0.2, 0.25) is 0 Å². The Morgan fingerprint density at radius 1 is 1.08 bits per heavy atom. The highest BCUT2D eigenvalue weighted by Gasteiger charge is 2.02. The first-order chi connectivity index (χ1) is 5.85. The summed E-state index contributed by atoms with van der Waals surface area (Å²) in [5.41, 5.74) is 0. The molecule has 1 heteroatoms. The third kappa shape index (κ3) is 6.38. The number of unbranched alkanes of at least 4 members (excludes halogenated alkanes) is 2. The zero-order valence-corrected chi connectivity index (χ0v) is 8.84. The fourth-order valence-corrected chi connectivity index (χ4v) is 1.47. The average molecular weight is 169 g/mol. The van der Waals surface area contributed by atoms with Gasteiger partial charge in [-0.05, 0) is 26.0 Å². The van der Waals surface area contributed by atoms with Crippen LogP contribution in [-0.2, 0) is 0 Å². The molecule has 0 aliphatic rings. The van der Waals surface area contributed by atoms with E-state index in [9.17, 15) is 0 Å². The molecule has 0 aromatic rings. The first-order valence-electron chi connectivity index (χ1n) is 5.32. The van der Waals surface area contributed by atoms with Gasteiger partial charge in [-0.1, -0.05) is 39.5 Å². The Morgan fingerprint density at radius 2 is 1.83 bits per heavy atom. The minimum atomic E-state index is 0.603. The van der Waals surface area contributed by atoms with Gasteiger partial charge in [0.1, 0.15) is 0 Å². The maximum Gasteiger partial charge on any atom is 0.0495 e. The summed E-state index contributed by atoms with van der Waals surface area (Å²) in [6.45, 7) is 6.50. The minimum absolute atomic E-state index is 0.603. The molecule has 0 saturated carbocycles. The van der Waals surface area contributed by atoms with E-state index in [4.69, 9.17) is 0 Å². The van der Waals surface area contributed by atoms with Gasteiger partial charge < -0.3 is 0 Å². The molecule has 0 amide bonds. The van der Waals surface area contributed by atoms with Crippen LogP contribution in [0.25, 0.3) is 0 Å². The first kappa shape index (κ1) is 11.7. The van der Waals surface area contributed by atoms with Gasteiger partial charge in [0.25, 0.3) is 0 Å². The Hall–Kier alpha value is -0.330. The summed E-state index contributed by atoms with van der Waals surface area (Å²) in [7, 11) is 0. The summed E-state index contributed by atoms with van der Waals surface area (Å²) in [4.78, 5) is 4.46. The molecule has 72 valence electrons. The molecular weight excluding hydrogens is 146 g/mol. The largest absolute Gasteiger partial charge is 0.295 e. The molecule has 0 rings (SSSR count). The lowest BCUT2D eigenvalue weighted by molar-refractivity contribution is 0.527. The van der Waals surface area contributed by atoms with E-state index in [1.165, 1.54) is 38.5 Å². The second-order valence-electron chi connectivity index (χ2n) is 3.35. The monoisotopic (exact) mass is 169 g/mol. The lowest BCUT2D eigenvalue weighted by atomic mass is 10.1. The molecule has 0 aromatic carbocycles. The van der Waals surface area contributed by atoms with Crippen LogP contribution in [0.1, 0.15) is 59.3 Å². The van der Waals surface area contributed by atoms with Crippen molar-refractivity contribution in [1.29, 1.82) is 0 Å². The van der Waals surface area contributed by atoms with Crippen molar-refractivity contribution in [2.45, 2.75) is 65.3 Å². The van der Waals surface area contributed by atoms with Crippen molar-refractivity contribution in [1.82, 2.24) is 0 Å². The zero-order valence-electron chi connectivity index (χ0n) is 8.84. The molecule has 0 radical (unpaired) electrons. The molecular formula is C11H23N. The van der Waals surface area contributed by atoms with Crippen LogP contribution < -0.4 is 0 Å². The third-order valence-electron chi connectivity index (χ3n) is 2.12. The fourth-order valence-electron chi connectivity index (χ4n) is 1.47. The summed E-state index contributed by atoms with van der Waals surface area (Å²) in [6, 6.07) is 0.603. The second-order valence-corrected chi connectivity index (χ2v) is 3.35. The molecule has 12 heavy (non-hydrogen) atoms. The van der Waals surface area contributed by atoms with E-state index in [0.717, 1.165) is 0 Å². The number of nitrogens with zero attached hydrogens (tertiary/aromatic N) is 1. The Bertz CT molecular complexity index is 108. The van der Waals surface area contributed by atoms with Gasteiger partial charge in [-0.15, -0.1) is 0 Å². The molecule has 0 aromatic heterocycles. The summed E-state index contributed by atoms with van der Waals surface area (Å²) >= 11 is 0. The van der Waals surface area contributed by atoms with Crippen molar-refractivity contribution in [2.75, 3.05) is 0 Å². The van der Waals surface area contributed by atoms with Crippen molar-refractivity contribution in [3.63, 3.8) is 0 Å². The lowest BCUT2D eigenvalue weighted by Crippen LogP contribution is -2.03. The van der Waals surface area contributed by atoms with Gasteiger partial charge in [-0.2, -0.15) is 0 Å². The van der Waals surface area contributed by atoms with Crippen LogP contribution in [0.4, 0.5) is 0 Å². The zero-order chi connectivity index (χ0) is 9.23. The van der Waals surface area contributed by atoms with Gasteiger partial charge in [-0.25, -0.2) is 0 Å². The Balaban J connectivity index is 3.48. The van der Waals surface area contributed by atoms with Crippen molar-refractivity contribution >= 4 is 6.21 Å². The predicted octanol–water partition coefficient (Wildman–Crippen LogP) is 3.83. The quantitative estimate of drug-likeness (QED) is 0.406. The number of hydrogen-bond acceptors (Lipinski definition) is 1. The third-order valence-corrected chi connectivity index (χ3v) is 2.12. The highest BCUT2D eigenvalue weighted by atomic mass is 14.8.